The van der Waals surface area contributed by atoms with Crippen molar-refractivity contribution in [2.45, 2.75) is 31.6 Å². The first kappa shape index (κ1) is 18.9. The van der Waals surface area contributed by atoms with E-state index in [9.17, 15) is 26.7 Å². The lowest BCUT2D eigenvalue weighted by Gasteiger charge is -2.33. The predicted octanol–water partition coefficient (Wildman–Crippen LogP) is 4.97. The Balaban J connectivity index is 2.40. The highest BCUT2D eigenvalue weighted by atomic mass is 19.4. The smallest absolute Gasteiger partial charge is 0.326 e. The maximum Gasteiger partial charge on any atom is 0.463 e. The van der Waals surface area contributed by atoms with E-state index in [-0.39, 0.29) is 6.54 Å². The van der Waals surface area contributed by atoms with Gasteiger partial charge in [0.15, 0.2) is 0 Å². The molecule has 2 aromatic carbocycles. The molecule has 134 valence electrons. The lowest BCUT2D eigenvalue weighted by atomic mass is 10.0. The summed E-state index contributed by atoms with van der Waals surface area (Å²) in [4.78, 5) is 12.6. The molecule has 1 amide bonds. The van der Waals surface area contributed by atoms with Crippen LogP contribution in [0.5, 0.6) is 0 Å². The molecule has 0 radical (unpaired) electrons. The van der Waals surface area contributed by atoms with Gasteiger partial charge in [-0.3, -0.25) is 4.79 Å². The fourth-order valence-corrected chi connectivity index (χ4v) is 2.38. The highest BCUT2D eigenvalue weighted by Gasteiger charge is 2.65. The van der Waals surface area contributed by atoms with Crippen molar-refractivity contribution in [2.24, 2.45) is 0 Å². The van der Waals surface area contributed by atoms with E-state index in [2.05, 4.69) is 0 Å². The van der Waals surface area contributed by atoms with Crippen molar-refractivity contribution in [3.05, 3.63) is 71.8 Å². The molecule has 25 heavy (non-hydrogen) atoms. The van der Waals surface area contributed by atoms with Gasteiger partial charge in [-0.05, 0) is 18.1 Å². The Labute approximate surface area is 141 Å². The minimum absolute atomic E-state index is 0.360. The van der Waals surface area contributed by atoms with Crippen LogP contribution in [-0.2, 0) is 11.3 Å². The Morgan fingerprint density at radius 2 is 1.40 bits per heavy atom. The van der Waals surface area contributed by atoms with Crippen LogP contribution >= 0.6 is 0 Å². The SMILES string of the molecule is CC(c1ccccc1)N(Cc1ccccc1)C(=O)C(F)(F)C(F)(F)F. The van der Waals surface area contributed by atoms with Gasteiger partial charge >= 0.3 is 18.0 Å². The fraction of sp³-hybridized carbons (Fsp3) is 0.278. The number of rotatable bonds is 5. The number of carbonyl (C=O) groups is 1. The minimum atomic E-state index is -5.95. The van der Waals surface area contributed by atoms with Gasteiger partial charge in [-0.15, -0.1) is 0 Å². The maximum atomic E-state index is 13.6. The average Bonchev–Trinajstić information content (AvgIpc) is 2.59. The number of hydrogen-bond acceptors (Lipinski definition) is 1. The van der Waals surface area contributed by atoms with Crippen molar-refractivity contribution in [1.29, 1.82) is 0 Å². The summed E-state index contributed by atoms with van der Waals surface area (Å²) in [5, 5.41) is 0. The summed E-state index contributed by atoms with van der Waals surface area (Å²) >= 11 is 0. The number of carbonyl (C=O) groups excluding carboxylic acids is 1. The molecule has 0 bridgehead atoms. The highest BCUT2D eigenvalue weighted by molar-refractivity contribution is 5.84. The van der Waals surface area contributed by atoms with Crippen molar-refractivity contribution in [3.63, 3.8) is 0 Å². The summed E-state index contributed by atoms with van der Waals surface area (Å²) < 4.78 is 65.2. The molecule has 0 aromatic heterocycles. The van der Waals surface area contributed by atoms with Crippen molar-refractivity contribution >= 4 is 5.91 Å². The molecule has 0 aliphatic rings. The van der Waals surface area contributed by atoms with Gasteiger partial charge in [0.2, 0.25) is 0 Å². The van der Waals surface area contributed by atoms with Gasteiger partial charge in [0.25, 0.3) is 0 Å². The van der Waals surface area contributed by atoms with Crippen LogP contribution in [0.3, 0.4) is 0 Å². The van der Waals surface area contributed by atoms with E-state index in [0.29, 0.717) is 16.0 Å². The first-order valence-electron chi connectivity index (χ1n) is 7.49. The molecular formula is C18H16F5NO. The van der Waals surface area contributed by atoms with Crippen LogP contribution in [0, 0.1) is 0 Å². The Morgan fingerprint density at radius 1 is 0.920 bits per heavy atom. The summed E-state index contributed by atoms with van der Waals surface area (Å²) in [6.45, 7) is 1.06. The van der Waals surface area contributed by atoms with Gasteiger partial charge in [-0.25, -0.2) is 0 Å². The third kappa shape index (κ3) is 4.15. The quantitative estimate of drug-likeness (QED) is 0.692. The fourth-order valence-electron chi connectivity index (χ4n) is 2.38. The number of alkyl halides is 5. The van der Waals surface area contributed by atoms with Crippen LogP contribution < -0.4 is 0 Å². The van der Waals surface area contributed by atoms with Crippen LogP contribution in [-0.4, -0.2) is 22.9 Å². The second kappa shape index (κ2) is 7.21. The second-order valence-corrected chi connectivity index (χ2v) is 5.58. The minimum Gasteiger partial charge on any atom is -0.326 e. The number of hydrogen-bond donors (Lipinski definition) is 0. The molecule has 0 saturated heterocycles. The molecule has 0 heterocycles. The summed E-state index contributed by atoms with van der Waals surface area (Å²) in [5.41, 5.74) is 0.918. The van der Waals surface area contributed by atoms with Crippen molar-refractivity contribution in [3.8, 4) is 0 Å². The van der Waals surface area contributed by atoms with Gasteiger partial charge in [0, 0.05) is 6.54 Å². The first-order chi connectivity index (χ1) is 11.6. The van der Waals surface area contributed by atoms with E-state index < -0.39 is 24.0 Å². The topological polar surface area (TPSA) is 20.3 Å². The molecule has 0 aliphatic heterocycles. The van der Waals surface area contributed by atoms with E-state index >= 15 is 0 Å². The molecule has 1 atom stereocenters. The third-order valence-electron chi connectivity index (χ3n) is 3.83. The Morgan fingerprint density at radius 3 is 1.88 bits per heavy atom. The molecule has 2 nitrogen and oxygen atoms in total. The third-order valence-corrected chi connectivity index (χ3v) is 3.83. The molecular weight excluding hydrogens is 341 g/mol. The summed E-state index contributed by atoms with van der Waals surface area (Å²) in [7, 11) is 0. The van der Waals surface area contributed by atoms with E-state index in [1.807, 2.05) is 0 Å². The zero-order chi connectivity index (χ0) is 18.7. The number of halogens is 5. The molecule has 0 spiro atoms. The molecule has 0 fully saturated rings. The van der Waals surface area contributed by atoms with Gasteiger partial charge in [0.05, 0.1) is 6.04 Å². The van der Waals surface area contributed by atoms with Crippen LogP contribution in [0.25, 0.3) is 0 Å². The number of nitrogens with zero attached hydrogens (tertiary/aromatic N) is 1. The normalized spacial score (nSPS) is 13.4. The number of amides is 1. The molecule has 0 aliphatic carbocycles. The van der Waals surface area contributed by atoms with Crippen LogP contribution in [0.15, 0.2) is 60.7 Å². The zero-order valence-electron chi connectivity index (χ0n) is 13.3. The standard InChI is InChI=1S/C18H16F5NO/c1-13(15-10-6-3-7-11-15)24(12-14-8-4-2-5-9-14)16(25)17(19,20)18(21,22)23/h2-11,13H,12H2,1H3. The summed E-state index contributed by atoms with van der Waals surface area (Å²) in [6, 6.07) is 15.2. The Hall–Kier alpha value is -2.44. The van der Waals surface area contributed by atoms with Crippen molar-refractivity contribution in [1.82, 2.24) is 4.90 Å². The van der Waals surface area contributed by atoms with Crippen LogP contribution in [0.1, 0.15) is 24.1 Å². The Bertz CT molecular complexity index is 700. The second-order valence-electron chi connectivity index (χ2n) is 5.58. The maximum absolute atomic E-state index is 13.6. The highest BCUT2D eigenvalue weighted by Crippen LogP contribution is 2.39. The molecule has 0 saturated carbocycles. The summed E-state index contributed by atoms with van der Waals surface area (Å²) in [6.07, 6.45) is -5.95. The summed E-state index contributed by atoms with van der Waals surface area (Å²) in [5.74, 6) is -7.72. The Kier molecular flexibility index (Phi) is 5.45. The lowest BCUT2D eigenvalue weighted by molar-refractivity contribution is -0.275. The largest absolute Gasteiger partial charge is 0.463 e. The molecule has 2 rings (SSSR count). The van der Waals surface area contributed by atoms with Gasteiger partial charge in [0.1, 0.15) is 0 Å². The van der Waals surface area contributed by atoms with Gasteiger partial charge in [-0.2, -0.15) is 22.0 Å². The van der Waals surface area contributed by atoms with Gasteiger partial charge < -0.3 is 4.90 Å². The van der Waals surface area contributed by atoms with Gasteiger partial charge in [-0.1, -0.05) is 60.7 Å². The van der Waals surface area contributed by atoms with Crippen LogP contribution in [0.4, 0.5) is 22.0 Å². The predicted molar refractivity (Wildman–Crippen MR) is 82.9 cm³/mol. The molecule has 0 N–H and O–H groups in total. The first-order valence-corrected chi connectivity index (χ1v) is 7.49. The lowest BCUT2D eigenvalue weighted by Crippen LogP contribution is -2.52. The molecule has 2 aromatic rings. The molecule has 1 unspecified atom stereocenters. The van der Waals surface area contributed by atoms with E-state index in [1.54, 1.807) is 60.7 Å². The van der Waals surface area contributed by atoms with E-state index in [4.69, 9.17) is 0 Å². The van der Waals surface area contributed by atoms with E-state index in [0.717, 1.165) is 0 Å². The van der Waals surface area contributed by atoms with Crippen molar-refractivity contribution in [2.75, 3.05) is 0 Å². The van der Waals surface area contributed by atoms with Crippen molar-refractivity contribution < 1.29 is 26.7 Å². The molecule has 7 heteroatoms. The van der Waals surface area contributed by atoms with E-state index in [1.165, 1.54) is 6.92 Å². The average molecular weight is 357 g/mol. The monoisotopic (exact) mass is 357 g/mol. The number of benzene rings is 2. The van der Waals surface area contributed by atoms with Crippen LogP contribution in [0.2, 0.25) is 0 Å². The zero-order valence-corrected chi connectivity index (χ0v) is 13.3.